The summed E-state index contributed by atoms with van der Waals surface area (Å²) < 4.78 is 27.1. The number of carbonyl (C=O) groups is 2. The number of nitrogens with one attached hydrogen (secondary N) is 3. The normalized spacial score (nSPS) is 13.3. The lowest BCUT2D eigenvalue weighted by Gasteiger charge is -2.24. The second-order valence-corrected chi connectivity index (χ2v) is 26.4. The maximum absolute atomic E-state index is 10.7. The molecule has 13 aromatic rings. The Hall–Kier alpha value is -12.0. The molecule has 130 heavy (non-hydrogen) atoms. The van der Waals surface area contributed by atoms with Gasteiger partial charge < -0.3 is 66.5 Å². The van der Waals surface area contributed by atoms with Crippen LogP contribution in [0.15, 0.2) is 242 Å². The molecule has 1 aromatic carbocycles. The molecular formula is C92H168N32O6. The lowest BCUT2D eigenvalue weighted by molar-refractivity contribution is -0.131. The first-order chi connectivity index (χ1) is 63.3. The highest BCUT2D eigenvalue weighted by molar-refractivity contribution is 5.77. The number of carbonyl (C=O) groups excluding carboxylic acids is 2. The molecule has 0 aliphatic carbocycles. The van der Waals surface area contributed by atoms with Gasteiger partial charge in [-0.3, -0.25) is 29.0 Å². The Labute approximate surface area is 779 Å². The number of piperidine rings is 2. The molecule has 0 saturated carbocycles. The van der Waals surface area contributed by atoms with E-state index in [0.717, 1.165) is 65.1 Å². The van der Waals surface area contributed by atoms with E-state index < -0.39 is 0 Å². The fourth-order valence-electron chi connectivity index (χ4n) is 8.42. The van der Waals surface area contributed by atoms with Crippen molar-refractivity contribution < 1.29 is 27.7 Å². The molecular weight excluding hydrogens is 1650 g/mol. The van der Waals surface area contributed by atoms with Gasteiger partial charge in [-0.2, -0.15) is 15.4 Å². The molecule has 732 valence electrons. The van der Waals surface area contributed by atoms with Crippen LogP contribution in [-0.2, 0) is 49.6 Å². The first kappa shape index (κ1) is 129. The Morgan fingerprint density at radius 3 is 1.10 bits per heavy atom. The van der Waals surface area contributed by atoms with Crippen LogP contribution >= 0.6 is 0 Å². The third-order valence-corrected chi connectivity index (χ3v) is 15.5. The van der Waals surface area contributed by atoms with Gasteiger partial charge in [0.25, 0.3) is 0 Å². The van der Waals surface area contributed by atoms with E-state index in [1.165, 1.54) is 146 Å². The number of amides is 2. The topological polar surface area (TPSA) is 396 Å². The lowest BCUT2D eigenvalue weighted by atomic mass is 10.1. The van der Waals surface area contributed by atoms with Crippen LogP contribution in [0.2, 0.25) is 0 Å². The zero-order valence-corrected chi connectivity index (χ0v) is 84.0. The quantitative estimate of drug-likeness (QED) is 0.119. The van der Waals surface area contributed by atoms with Crippen molar-refractivity contribution in [3.63, 3.8) is 0 Å². The van der Waals surface area contributed by atoms with Crippen molar-refractivity contribution in [1.29, 1.82) is 0 Å². The van der Waals surface area contributed by atoms with Crippen molar-refractivity contribution in [1.82, 2.24) is 160 Å². The van der Waals surface area contributed by atoms with Gasteiger partial charge in [0.15, 0.2) is 12.2 Å². The first-order valence-corrected chi connectivity index (χ1v) is 45.0. The Kier molecular flexibility index (Phi) is 105. The summed E-state index contributed by atoms with van der Waals surface area (Å²) in [4.78, 5) is 53.9. The SMILES string of the molecule is CC.CC.CC.CC.CC.CC.CN1CC1.CN1CCC1.CN1CCCC1.CN1CCCC1=O.CN1CCCCC1.CN1CCCCC1=O.CN1CCOCC1.Cc1ccccc1.Cc1nn[nH]n1.Cn1cccc1.Cn1cccn1.Cn1ccnc1.Cn1ccnn1.Cn1cnnn1.c1c[nH]cn1.c1ccncc1.c1cn[nH]c1.c1cnoc1.c1cocn1.c1nnco1. The van der Waals surface area contributed by atoms with E-state index in [4.69, 9.17) is 4.74 Å². The van der Waals surface area contributed by atoms with Crippen molar-refractivity contribution in [2.75, 3.05) is 141 Å². The van der Waals surface area contributed by atoms with E-state index in [-0.39, 0.29) is 0 Å². The monoisotopic (exact) mass is 1820 g/mol. The summed E-state index contributed by atoms with van der Waals surface area (Å²) in [6.45, 7) is 44.3. The number of hydrogen-bond donors (Lipinski definition) is 3. The van der Waals surface area contributed by atoms with Crippen LogP contribution < -0.4 is 0 Å². The minimum atomic E-state index is 0.292. The van der Waals surface area contributed by atoms with Crippen molar-refractivity contribution in [2.45, 2.75) is 168 Å². The van der Waals surface area contributed by atoms with E-state index in [0.29, 0.717) is 17.6 Å². The number of pyridine rings is 1. The Bertz CT molecular complexity index is 3340. The summed E-state index contributed by atoms with van der Waals surface area (Å²) in [6.07, 6.45) is 53.5. The molecule has 12 aromatic heterocycles. The van der Waals surface area contributed by atoms with E-state index in [1.54, 1.807) is 126 Å². The molecule has 38 nitrogen and oxygen atoms in total. The van der Waals surface area contributed by atoms with Crippen molar-refractivity contribution in [3.05, 3.63) is 240 Å². The number of imidazole rings is 2. The molecule has 3 N–H and O–H groups in total. The summed E-state index contributed by atoms with van der Waals surface area (Å²) in [6, 6.07) is 25.4. The maximum atomic E-state index is 10.7. The average Bonchev–Trinajstić information content (AvgIpc) is 1.44. The van der Waals surface area contributed by atoms with Crippen LogP contribution in [0.25, 0.3) is 0 Å². The van der Waals surface area contributed by atoms with Gasteiger partial charge in [0, 0.05) is 182 Å². The van der Waals surface area contributed by atoms with Gasteiger partial charge >= 0.3 is 0 Å². The molecule has 20 rings (SSSR count). The maximum Gasteiger partial charge on any atom is 0.222 e. The number of aryl methyl sites for hydroxylation is 7. The highest BCUT2D eigenvalue weighted by Crippen LogP contribution is 2.08. The van der Waals surface area contributed by atoms with Crippen LogP contribution in [-0.4, -0.2) is 312 Å². The summed E-state index contributed by atoms with van der Waals surface area (Å²) in [5, 5.41) is 50.0. The van der Waals surface area contributed by atoms with Gasteiger partial charge in [-0.05, 0) is 193 Å². The number of aromatic amines is 3. The zero-order valence-electron chi connectivity index (χ0n) is 84.0. The predicted octanol–water partition coefficient (Wildman–Crippen LogP) is 14.8. The number of ether oxygens (including phenoxy) is 1. The number of nitrogens with zero attached hydrogens (tertiary/aromatic N) is 29. The number of benzene rings is 1. The van der Waals surface area contributed by atoms with Crippen LogP contribution in [0.3, 0.4) is 0 Å². The minimum absolute atomic E-state index is 0.292. The summed E-state index contributed by atoms with van der Waals surface area (Å²) in [5.74, 6) is 1.27. The Morgan fingerprint density at radius 1 is 0.377 bits per heavy atom. The smallest absolute Gasteiger partial charge is 0.222 e. The molecule has 0 unspecified atom stereocenters. The highest BCUT2D eigenvalue weighted by atomic mass is 16.5. The van der Waals surface area contributed by atoms with E-state index in [9.17, 15) is 9.59 Å². The van der Waals surface area contributed by atoms with Gasteiger partial charge in [0.05, 0.1) is 44.5 Å². The van der Waals surface area contributed by atoms with Gasteiger partial charge in [0.1, 0.15) is 18.9 Å². The van der Waals surface area contributed by atoms with E-state index >= 15 is 0 Å². The van der Waals surface area contributed by atoms with Crippen LogP contribution in [0.5, 0.6) is 0 Å². The number of tetrazole rings is 2. The predicted molar refractivity (Wildman–Crippen MR) is 523 cm³/mol. The zero-order chi connectivity index (χ0) is 98.0. The minimum Gasteiger partial charge on any atom is -0.452 e. The number of hydrogen-bond acceptors (Lipinski definition) is 28. The highest BCUT2D eigenvalue weighted by Gasteiger charge is 2.15. The molecule has 7 aliphatic heterocycles. The largest absolute Gasteiger partial charge is 0.452 e. The van der Waals surface area contributed by atoms with Crippen molar-refractivity contribution in [3.8, 4) is 0 Å². The van der Waals surface area contributed by atoms with Crippen molar-refractivity contribution >= 4 is 11.8 Å². The fraction of sp³-hybridized carbons (Fsp3) is 0.554. The number of morpholine rings is 1. The van der Waals surface area contributed by atoms with E-state index in [2.05, 4.69) is 194 Å². The Balaban J connectivity index is -0.000000310. The lowest BCUT2D eigenvalue weighted by Crippen LogP contribution is -2.32. The molecule has 0 spiro atoms. The molecule has 0 atom stereocenters. The first-order valence-electron chi connectivity index (χ1n) is 45.0. The van der Waals surface area contributed by atoms with Gasteiger partial charge in [-0.25, -0.2) is 19.6 Å². The van der Waals surface area contributed by atoms with Gasteiger partial charge in [-0.15, -0.1) is 30.6 Å². The van der Waals surface area contributed by atoms with Gasteiger partial charge in [-0.1, -0.05) is 147 Å². The molecule has 19 heterocycles. The van der Waals surface area contributed by atoms with Crippen molar-refractivity contribution in [2.24, 2.45) is 35.2 Å². The molecule has 0 radical (unpaired) electrons. The molecule has 38 heteroatoms. The summed E-state index contributed by atoms with van der Waals surface area (Å²) in [5.41, 5.74) is 1.32. The molecule has 7 fully saturated rings. The number of likely N-dealkylation sites (tertiary alicyclic amines) is 5. The third kappa shape index (κ3) is 103. The Morgan fingerprint density at radius 2 is 0.931 bits per heavy atom. The molecule has 7 saturated heterocycles. The van der Waals surface area contributed by atoms with Crippen LogP contribution in [0, 0.1) is 13.8 Å². The summed E-state index contributed by atoms with van der Waals surface area (Å²) in [7, 11) is 23.9. The standard InChI is InChI=1S/C7H8.C6H11NO.C6H13N.C5H11NO.C5H9NO.C5H11N.C5H7N.C5H5N.2C4H6N2.C4H9N.C3H5N3.2C3H4N2.2C3H3NO.C3H7N.2C2H4N4.C2H2N2O.6C2H6/c1-7-5-3-2-4-6-7;1-7-5-3-2-4-6(7)8;1-7-5-3-2-4-6-7;1-6-2-4-7-5-3-6;1-6-4-2-3-5(6)7;2*1-6-4-2-3-5-6;1-2-4-6-5-3-1;1-6-3-2-5-4-6;1-6-4-2-3-5-6;1-5-3-2-4-5;1-6-3-2-4-5-6;1-2-5-3-4-1;1-2-4-5-3-1;1-2-5-3-4-1;1-2-4-5-3-1;1-4-2-3-4;1-6-2-3-4-5-6;1-2-3-5-6-4-2;1-3-4-2-5-1;6*1-2/h2-6H,1H3;2-5H2,1H3;2-6H2,1H3;2-5H2,1H3;2-4H2,1H3;2-5H2,1H3;2-5H,1H3;1-5H;2*2-4H,1H3;2-4H2,1H3;2-3H,1H3;2*1-3H,(H,4,5);2*1-3H;2-3H2,1H3;2H,1H3;1H3,(H,3,4,5,6);1-2H;6*1-2H3. The fourth-order valence-corrected chi connectivity index (χ4v) is 8.42. The average molecular weight is 1820 g/mol. The number of oxazole rings is 1. The number of H-pyrrole nitrogens is 3. The molecule has 7 aliphatic rings. The summed E-state index contributed by atoms with van der Waals surface area (Å²) >= 11 is 0. The molecule has 0 bridgehead atoms. The third-order valence-electron chi connectivity index (χ3n) is 15.5. The number of rotatable bonds is 0. The van der Waals surface area contributed by atoms with Gasteiger partial charge in [0.2, 0.25) is 24.6 Å². The molecule has 2 amide bonds. The second-order valence-electron chi connectivity index (χ2n) is 26.4. The number of aromatic nitrogens is 25. The number of likely N-dealkylation sites (N-methyl/N-ethyl adjacent to an activating group) is 2. The van der Waals surface area contributed by atoms with Crippen LogP contribution in [0.4, 0.5) is 0 Å². The van der Waals surface area contributed by atoms with E-state index in [1.807, 2.05) is 220 Å². The second kappa shape index (κ2) is 106. The van der Waals surface area contributed by atoms with Crippen LogP contribution in [0.1, 0.15) is 165 Å².